The smallest absolute Gasteiger partial charge is 0.271 e. The van der Waals surface area contributed by atoms with E-state index < -0.39 is 0 Å². The summed E-state index contributed by atoms with van der Waals surface area (Å²) in [6.45, 7) is 2.86. The average Bonchev–Trinajstić information content (AvgIpc) is 3.19. The third-order valence-electron chi connectivity index (χ3n) is 5.45. The third kappa shape index (κ3) is 4.13. The van der Waals surface area contributed by atoms with Gasteiger partial charge in [0.05, 0.1) is 4.90 Å². The minimum atomic E-state index is 0.0355. The number of pyridine rings is 1. The Kier molecular flexibility index (Phi) is 5.57. The number of aromatic nitrogens is 2. The molecule has 0 aliphatic carbocycles. The fourth-order valence-electron chi connectivity index (χ4n) is 3.83. The highest BCUT2D eigenvalue weighted by Crippen LogP contribution is 2.37. The first-order valence-electron chi connectivity index (χ1n) is 10.2. The molecule has 0 unspecified atom stereocenters. The van der Waals surface area contributed by atoms with Crippen molar-refractivity contribution in [3.8, 4) is 0 Å². The van der Waals surface area contributed by atoms with E-state index in [-0.39, 0.29) is 5.91 Å². The Balaban J connectivity index is 1.40. The first kappa shape index (κ1) is 20.0. The van der Waals surface area contributed by atoms with Gasteiger partial charge in [-0.05, 0) is 42.5 Å². The van der Waals surface area contributed by atoms with Crippen molar-refractivity contribution >= 4 is 46.0 Å². The summed E-state index contributed by atoms with van der Waals surface area (Å²) in [6.07, 6.45) is 1.80. The molecule has 2 aromatic carbocycles. The van der Waals surface area contributed by atoms with Crippen molar-refractivity contribution in [2.45, 2.75) is 9.79 Å². The molecule has 1 saturated heterocycles. The Labute approximate surface area is 190 Å². The SMILES string of the molecule is O=C(c1[nH]c2ccccc2c1Sc1ccc(Cl)cc1)N1CCN(c2ccccn2)CC1. The number of carbonyl (C=O) groups is 1. The molecule has 0 saturated carbocycles. The lowest BCUT2D eigenvalue weighted by atomic mass is 10.2. The molecule has 1 fully saturated rings. The Morgan fingerprint density at radius 3 is 2.42 bits per heavy atom. The molecule has 1 N–H and O–H groups in total. The predicted octanol–water partition coefficient (Wildman–Crippen LogP) is 5.33. The first-order valence-corrected chi connectivity index (χ1v) is 11.4. The summed E-state index contributed by atoms with van der Waals surface area (Å²) in [5, 5.41) is 1.75. The molecule has 1 amide bonds. The molecule has 0 bridgehead atoms. The molecular weight excluding hydrogens is 428 g/mol. The largest absolute Gasteiger partial charge is 0.353 e. The Bertz CT molecular complexity index is 1200. The number of rotatable bonds is 4. The van der Waals surface area contributed by atoms with Crippen molar-refractivity contribution in [2.24, 2.45) is 0 Å². The van der Waals surface area contributed by atoms with Gasteiger partial charge in [0.25, 0.3) is 5.91 Å². The molecule has 5 rings (SSSR count). The van der Waals surface area contributed by atoms with Gasteiger partial charge in [-0.25, -0.2) is 4.98 Å². The number of nitrogens with zero attached hydrogens (tertiary/aromatic N) is 3. The lowest BCUT2D eigenvalue weighted by Gasteiger charge is -2.35. The molecule has 0 atom stereocenters. The van der Waals surface area contributed by atoms with Crippen LogP contribution in [0.15, 0.2) is 82.7 Å². The third-order valence-corrected chi connectivity index (χ3v) is 6.83. The van der Waals surface area contributed by atoms with Crippen molar-refractivity contribution in [1.82, 2.24) is 14.9 Å². The summed E-state index contributed by atoms with van der Waals surface area (Å²) in [5.74, 6) is 0.993. The highest BCUT2D eigenvalue weighted by molar-refractivity contribution is 7.99. The Morgan fingerprint density at radius 2 is 1.68 bits per heavy atom. The summed E-state index contributed by atoms with van der Waals surface area (Å²) in [7, 11) is 0. The van der Waals surface area contributed by atoms with Crippen LogP contribution in [0.5, 0.6) is 0 Å². The molecule has 1 aliphatic rings. The van der Waals surface area contributed by atoms with Crippen LogP contribution in [-0.2, 0) is 0 Å². The molecule has 156 valence electrons. The number of nitrogens with one attached hydrogen (secondary N) is 1. The van der Waals surface area contributed by atoms with Gasteiger partial charge in [-0.1, -0.05) is 47.6 Å². The number of H-pyrrole nitrogens is 1. The van der Waals surface area contributed by atoms with Crippen LogP contribution < -0.4 is 4.90 Å². The summed E-state index contributed by atoms with van der Waals surface area (Å²) in [4.78, 5) is 27.5. The summed E-state index contributed by atoms with van der Waals surface area (Å²) in [6, 6.07) is 21.7. The molecule has 0 radical (unpaired) electrons. The fourth-order valence-corrected chi connectivity index (χ4v) is 4.99. The van der Waals surface area contributed by atoms with Crippen molar-refractivity contribution < 1.29 is 4.79 Å². The van der Waals surface area contributed by atoms with Crippen LogP contribution in [0.4, 0.5) is 5.82 Å². The van der Waals surface area contributed by atoms with Gasteiger partial charge in [0.2, 0.25) is 0 Å². The maximum Gasteiger partial charge on any atom is 0.271 e. The number of amides is 1. The zero-order valence-electron chi connectivity index (χ0n) is 16.8. The second-order valence-electron chi connectivity index (χ2n) is 7.40. The number of para-hydroxylation sites is 1. The van der Waals surface area contributed by atoms with Crippen LogP contribution in [0.25, 0.3) is 10.9 Å². The van der Waals surface area contributed by atoms with Crippen molar-refractivity contribution in [2.75, 3.05) is 31.1 Å². The highest BCUT2D eigenvalue weighted by atomic mass is 35.5. The van der Waals surface area contributed by atoms with E-state index in [9.17, 15) is 4.79 Å². The number of carbonyl (C=O) groups excluding carboxylic acids is 1. The number of fused-ring (bicyclic) bond motifs is 1. The van der Waals surface area contributed by atoms with Gasteiger partial charge in [0.1, 0.15) is 11.5 Å². The fraction of sp³-hybridized carbons (Fsp3) is 0.167. The molecule has 1 aliphatic heterocycles. The van der Waals surface area contributed by atoms with Crippen LogP contribution >= 0.6 is 23.4 Å². The number of anilines is 1. The van der Waals surface area contributed by atoms with E-state index >= 15 is 0 Å². The van der Waals surface area contributed by atoms with Crippen LogP contribution in [0, 0.1) is 0 Å². The number of halogens is 1. The van der Waals surface area contributed by atoms with Crippen molar-refractivity contribution in [3.05, 3.63) is 83.6 Å². The molecular formula is C24H21ClN4OS. The summed E-state index contributed by atoms with van der Waals surface area (Å²) < 4.78 is 0. The standard InChI is InChI=1S/C24H21ClN4OS/c25-17-8-10-18(11-9-17)31-23-19-5-1-2-6-20(19)27-22(23)24(30)29-15-13-28(14-16-29)21-7-3-4-12-26-21/h1-12,27H,13-16H2. The summed E-state index contributed by atoms with van der Waals surface area (Å²) >= 11 is 7.63. The second-order valence-corrected chi connectivity index (χ2v) is 8.92. The molecule has 5 nitrogen and oxygen atoms in total. The lowest BCUT2D eigenvalue weighted by molar-refractivity contribution is 0.0738. The van der Waals surface area contributed by atoms with E-state index in [1.54, 1.807) is 18.0 Å². The monoisotopic (exact) mass is 448 g/mol. The minimum absolute atomic E-state index is 0.0355. The van der Waals surface area contributed by atoms with E-state index in [1.807, 2.05) is 65.6 Å². The molecule has 7 heteroatoms. The number of aromatic amines is 1. The van der Waals surface area contributed by atoms with Gasteiger partial charge in [-0.15, -0.1) is 0 Å². The Hall–Kier alpha value is -2.96. The van der Waals surface area contributed by atoms with Gasteiger partial charge >= 0.3 is 0 Å². The quantitative estimate of drug-likeness (QED) is 0.458. The predicted molar refractivity (Wildman–Crippen MR) is 126 cm³/mol. The maximum atomic E-state index is 13.5. The number of hydrogen-bond donors (Lipinski definition) is 1. The number of piperazine rings is 1. The average molecular weight is 449 g/mol. The van der Waals surface area contributed by atoms with Crippen molar-refractivity contribution in [1.29, 1.82) is 0 Å². The minimum Gasteiger partial charge on any atom is -0.353 e. The molecule has 4 aromatic rings. The van der Waals surface area contributed by atoms with E-state index in [4.69, 9.17) is 11.6 Å². The van der Waals surface area contributed by atoms with Crippen LogP contribution in [0.2, 0.25) is 5.02 Å². The maximum absolute atomic E-state index is 13.5. The van der Waals surface area contributed by atoms with Gasteiger partial charge in [0.15, 0.2) is 0 Å². The zero-order chi connectivity index (χ0) is 21.2. The first-order chi connectivity index (χ1) is 15.2. The molecule has 2 aromatic heterocycles. The number of benzene rings is 2. The van der Waals surface area contributed by atoms with Gasteiger partial charge in [0, 0.05) is 53.2 Å². The highest BCUT2D eigenvalue weighted by Gasteiger charge is 2.27. The molecule has 0 spiro atoms. The normalized spacial score (nSPS) is 14.2. The van der Waals surface area contributed by atoms with E-state index in [2.05, 4.69) is 20.9 Å². The van der Waals surface area contributed by atoms with Gasteiger partial charge < -0.3 is 14.8 Å². The van der Waals surface area contributed by atoms with Crippen LogP contribution in [0.3, 0.4) is 0 Å². The van der Waals surface area contributed by atoms with E-state index in [1.165, 1.54) is 0 Å². The van der Waals surface area contributed by atoms with Crippen molar-refractivity contribution in [3.63, 3.8) is 0 Å². The Morgan fingerprint density at radius 1 is 0.935 bits per heavy atom. The zero-order valence-corrected chi connectivity index (χ0v) is 18.4. The van der Waals surface area contributed by atoms with Crippen LogP contribution in [0.1, 0.15) is 10.5 Å². The summed E-state index contributed by atoms with van der Waals surface area (Å²) in [5.41, 5.74) is 1.61. The molecule has 3 heterocycles. The van der Waals surface area contributed by atoms with E-state index in [0.29, 0.717) is 23.8 Å². The topological polar surface area (TPSA) is 52.2 Å². The van der Waals surface area contributed by atoms with Gasteiger partial charge in [-0.2, -0.15) is 0 Å². The second kappa shape index (κ2) is 8.65. The van der Waals surface area contributed by atoms with E-state index in [0.717, 1.165) is 39.6 Å². The lowest BCUT2D eigenvalue weighted by Crippen LogP contribution is -2.49. The number of hydrogen-bond acceptors (Lipinski definition) is 4. The van der Waals surface area contributed by atoms with Crippen LogP contribution in [-0.4, -0.2) is 47.0 Å². The van der Waals surface area contributed by atoms with Gasteiger partial charge in [-0.3, -0.25) is 4.79 Å². The molecule has 31 heavy (non-hydrogen) atoms.